The minimum Gasteiger partial charge on any atom is -0.486 e. The Morgan fingerprint density at radius 3 is 2.27 bits per heavy atom. The van der Waals surface area contributed by atoms with Crippen LogP contribution in [0.3, 0.4) is 0 Å². The minimum absolute atomic E-state index is 0.449. The average molecular weight is 338 g/mol. The molecule has 2 nitrogen and oxygen atoms in total. The lowest BCUT2D eigenvalue weighted by atomic mass is 10.2. The van der Waals surface area contributed by atoms with Gasteiger partial charge >= 0.3 is 0 Å². The number of halogens is 2. The van der Waals surface area contributed by atoms with E-state index in [0.29, 0.717) is 28.4 Å². The van der Waals surface area contributed by atoms with Crippen molar-refractivity contribution in [2.75, 3.05) is 0 Å². The number of benzene rings is 2. The molecule has 1 atom stereocenters. The summed E-state index contributed by atoms with van der Waals surface area (Å²) in [6.07, 6.45) is 1.08. The number of ether oxygens (including phenoxy) is 1. The van der Waals surface area contributed by atoms with E-state index in [-0.39, 0.29) is 0 Å². The molecule has 0 heterocycles. The molecule has 4 heteroatoms. The van der Waals surface area contributed by atoms with Gasteiger partial charge in [-0.2, -0.15) is 0 Å². The second kappa shape index (κ2) is 8.42. The first-order chi connectivity index (χ1) is 10.6. The van der Waals surface area contributed by atoms with E-state index in [0.717, 1.165) is 24.1 Å². The molecule has 2 aromatic rings. The van der Waals surface area contributed by atoms with Crippen molar-refractivity contribution < 1.29 is 4.74 Å². The minimum atomic E-state index is 0.449. The van der Waals surface area contributed by atoms with Gasteiger partial charge in [0.2, 0.25) is 0 Å². The molecule has 2 aromatic carbocycles. The Labute approximate surface area is 142 Å². The highest BCUT2D eigenvalue weighted by Crippen LogP contribution is 2.34. The third-order valence-electron chi connectivity index (χ3n) is 3.55. The lowest BCUT2D eigenvalue weighted by molar-refractivity contribution is 0.306. The Kier molecular flexibility index (Phi) is 6.56. The summed E-state index contributed by atoms with van der Waals surface area (Å²) in [7, 11) is 0. The van der Waals surface area contributed by atoms with Crippen molar-refractivity contribution in [1.82, 2.24) is 5.32 Å². The lowest BCUT2D eigenvalue weighted by Crippen LogP contribution is -2.24. The van der Waals surface area contributed by atoms with E-state index >= 15 is 0 Å². The largest absolute Gasteiger partial charge is 0.486 e. The molecule has 0 fully saturated rings. The van der Waals surface area contributed by atoms with Crippen LogP contribution in [0, 0.1) is 0 Å². The molecular formula is C18H21Cl2NO. The van der Waals surface area contributed by atoms with Gasteiger partial charge in [0.25, 0.3) is 0 Å². The normalized spacial score (nSPS) is 12.2. The summed E-state index contributed by atoms with van der Waals surface area (Å²) in [5.41, 5.74) is 2.14. The number of nitrogens with one attached hydrogen (secondary N) is 1. The maximum Gasteiger partial charge on any atom is 0.156 e. The monoisotopic (exact) mass is 337 g/mol. The van der Waals surface area contributed by atoms with Gasteiger partial charge in [0.05, 0.1) is 10.0 Å². The van der Waals surface area contributed by atoms with Crippen LogP contribution in [0.25, 0.3) is 0 Å². The molecule has 0 aliphatic heterocycles. The first kappa shape index (κ1) is 17.1. The first-order valence-electron chi connectivity index (χ1n) is 7.48. The van der Waals surface area contributed by atoms with Crippen molar-refractivity contribution in [3.05, 3.63) is 63.6 Å². The molecule has 0 saturated carbocycles. The van der Waals surface area contributed by atoms with Gasteiger partial charge in [0.15, 0.2) is 5.75 Å². The molecule has 0 unspecified atom stereocenters. The fourth-order valence-corrected chi connectivity index (χ4v) is 2.66. The predicted octanol–water partition coefficient (Wildman–Crippen LogP) is 5.46. The van der Waals surface area contributed by atoms with E-state index in [1.165, 1.54) is 0 Å². The van der Waals surface area contributed by atoms with Crippen LogP contribution < -0.4 is 10.1 Å². The Bertz CT molecular complexity index is 578. The lowest BCUT2D eigenvalue weighted by Gasteiger charge is -2.14. The quantitative estimate of drug-likeness (QED) is 0.724. The molecule has 0 aliphatic rings. The molecule has 0 aromatic heterocycles. The van der Waals surface area contributed by atoms with Crippen LogP contribution in [0.1, 0.15) is 31.4 Å². The second-order valence-corrected chi connectivity index (χ2v) is 6.17. The van der Waals surface area contributed by atoms with Gasteiger partial charge in [-0.3, -0.25) is 0 Å². The third-order valence-corrected chi connectivity index (χ3v) is 4.11. The Morgan fingerprint density at radius 2 is 1.68 bits per heavy atom. The van der Waals surface area contributed by atoms with E-state index in [2.05, 4.69) is 19.2 Å². The summed E-state index contributed by atoms with van der Waals surface area (Å²) in [6, 6.07) is 14.2. The van der Waals surface area contributed by atoms with Gasteiger partial charge in [-0.05, 0) is 36.6 Å². The fraction of sp³-hybridized carbons (Fsp3) is 0.333. The van der Waals surface area contributed by atoms with E-state index in [1.54, 1.807) is 0 Å². The molecule has 0 radical (unpaired) electrons. The molecule has 2 rings (SSSR count). The van der Waals surface area contributed by atoms with E-state index in [1.807, 2.05) is 42.5 Å². The van der Waals surface area contributed by atoms with Crippen molar-refractivity contribution in [2.24, 2.45) is 0 Å². The number of rotatable bonds is 7. The molecule has 0 spiro atoms. The van der Waals surface area contributed by atoms with Gasteiger partial charge in [0.1, 0.15) is 6.61 Å². The molecule has 22 heavy (non-hydrogen) atoms. The number of hydrogen-bond donors (Lipinski definition) is 1. The standard InChI is InChI=1S/C18H21Cl2NO/c1-3-13(2)21-11-15-9-16(19)18(17(20)10-15)22-12-14-7-5-4-6-8-14/h4-10,13,21H,3,11-12H2,1-2H3/t13-/m1/s1. The van der Waals surface area contributed by atoms with Crippen LogP contribution in [-0.2, 0) is 13.2 Å². The van der Waals surface area contributed by atoms with Crippen LogP contribution in [0.15, 0.2) is 42.5 Å². The average Bonchev–Trinajstić information content (AvgIpc) is 2.52. The van der Waals surface area contributed by atoms with Crippen LogP contribution >= 0.6 is 23.2 Å². The van der Waals surface area contributed by atoms with Gasteiger partial charge in [0, 0.05) is 12.6 Å². The topological polar surface area (TPSA) is 21.3 Å². The van der Waals surface area contributed by atoms with Crippen molar-refractivity contribution in [1.29, 1.82) is 0 Å². The second-order valence-electron chi connectivity index (χ2n) is 5.35. The third kappa shape index (κ3) is 4.91. The smallest absolute Gasteiger partial charge is 0.156 e. The van der Waals surface area contributed by atoms with Crippen molar-refractivity contribution in [3.63, 3.8) is 0 Å². The Morgan fingerprint density at radius 1 is 1.05 bits per heavy atom. The highest BCUT2D eigenvalue weighted by atomic mass is 35.5. The van der Waals surface area contributed by atoms with Crippen molar-refractivity contribution in [2.45, 2.75) is 39.5 Å². The van der Waals surface area contributed by atoms with Gasteiger partial charge in [-0.1, -0.05) is 60.5 Å². The van der Waals surface area contributed by atoms with E-state index in [9.17, 15) is 0 Å². The summed E-state index contributed by atoms with van der Waals surface area (Å²) < 4.78 is 5.77. The summed E-state index contributed by atoms with van der Waals surface area (Å²) >= 11 is 12.6. The molecule has 0 amide bonds. The van der Waals surface area contributed by atoms with Crippen molar-refractivity contribution in [3.8, 4) is 5.75 Å². The number of hydrogen-bond acceptors (Lipinski definition) is 2. The molecule has 118 valence electrons. The fourth-order valence-electron chi connectivity index (χ4n) is 2.02. The Balaban J connectivity index is 2.03. The van der Waals surface area contributed by atoms with Crippen LogP contribution in [0.2, 0.25) is 10.0 Å². The maximum atomic E-state index is 6.31. The maximum absolute atomic E-state index is 6.31. The molecular weight excluding hydrogens is 317 g/mol. The summed E-state index contributed by atoms with van der Waals surface area (Å²) in [6.45, 7) is 5.50. The molecule has 1 N–H and O–H groups in total. The van der Waals surface area contributed by atoms with Gasteiger partial charge in [-0.25, -0.2) is 0 Å². The highest BCUT2D eigenvalue weighted by Gasteiger charge is 2.10. The Hall–Kier alpha value is -1.22. The summed E-state index contributed by atoms with van der Waals surface area (Å²) in [4.78, 5) is 0. The van der Waals surface area contributed by atoms with Crippen LogP contribution in [0.4, 0.5) is 0 Å². The van der Waals surface area contributed by atoms with Crippen molar-refractivity contribution >= 4 is 23.2 Å². The first-order valence-corrected chi connectivity index (χ1v) is 8.23. The zero-order chi connectivity index (χ0) is 15.9. The van der Waals surface area contributed by atoms with Crippen LogP contribution in [-0.4, -0.2) is 6.04 Å². The zero-order valence-corrected chi connectivity index (χ0v) is 14.4. The van der Waals surface area contributed by atoms with Gasteiger partial charge in [-0.15, -0.1) is 0 Å². The van der Waals surface area contributed by atoms with Gasteiger partial charge < -0.3 is 10.1 Å². The molecule has 0 aliphatic carbocycles. The van der Waals surface area contributed by atoms with E-state index < -0.39 is 0 Å². The summed E-state index contributed by atoms with van der Waals surface area (Å²) in [5, 5.41) is 4.51. The van der Waals surface area contributed by atoms with E-state index in [4.69, 9.17) is 27.9 Å². The van der Waals surface area contributed by atoms with Crippen LogP contribution in [0.5, 0.6) is 5.75 Å². The predicted molar refractivity (Wildman–Crippen MR) is 93.8 cm³/mol. The highest BCUT2D eigenvalue weighted by molar-refractivity contribution is 6.37. The molecule has 0 saturated heterocycles. The molecule has 0 bridgehead atoms. The SMILES string of the molecule is CC[C@@H](C)NCc1cc(Cl)c(OCc2ccccc2)c(Cl)c1. The summed E-state index contributed by atoms with van der Waals surface area (Å²) in [5.74, 6) is 0.541. The zero-order valence-electron chi connectivity index (χ0n) is 12.9.